The van der Waals surface area contributed by atoms with Crippen molar-refractivity contribution in [2.75, 3.05) is 25.0 Å². The molecule has 0 bridgehead atoms. The third kappa shape index (κ3) is 6.34. The van der Waals surface area contributed by atoms with Crippen molar-refractivity contribution in [3.63, 3.8) is 0 Å². The number of aryl methyl sites for hydroxylation is 1. The van der Waals surface area contributed by atoms with Crippen LogP contribution in [0, 0.1) is 12.8 Å². The molecule has 2 amide bonds. The van der Waals surface area contributed by atoms with Gasteiger partial charge in [0.15, 0.2) is 5.96 Å². The van der Waals surface area contributed by atoms with Crippen molar-refractivity contribution in [2.24, 2.45) is 10.9 Å². The number of aliphatic imine (C=N–C) groups is 1. The Morgan fingerprint density at radius 1 is 1.00 bits per heavy atom. The summed E-state index contributed by atoms with van der Waals surface area (Å²) >= 11 is 0. The maximum atomic E-state index is 12.6. The number of nitrogens with one attached hydrogen (secondary N) is 4. The molecule has 174 valence electrons. The van der Waals surface area contributed by atoms with Gasteiger partial charge in [0.05, 0.1) is 0 Å². The highest BCUT2D eigenvalue weighted by molar-refractivity contribution is 6.03. The first-order valence-corrected chi connectivity index (χ1v) is 12.0. The molecule has 0 aromatic heterocycles. The van der Waals surface area contributed by atoms with Crippen molar-refractivity contribution in [1.29, 1.82) is 0 Å². The first-order valence-electron chi connectivity index (χ1n) is 12.0. The number of benzene rings is 2. The topological polar surface area (TPSA) is 94.6 Å². The monoisotopic (exact) mass is 447 g/mol. The van der Waals surface area contributed by atoms with Crippen molar-refractivity contribution in [1.82, 2.24) is 16.0 Å². The molecule has 0 radical (unpaired) electrons. The minimum Gasteiger partial charge on any atom is -0.356 e. The summed E-state index contributed by atoms with van der Waals surface area (Å²) in [5, 5.41) is 12.6. The van der Waals surface area contributed by atoms with Gasteiger partial charge in [0.25, 0.3) is 11.8 Å². The minimum absolute atomic E-state index is 0.0432. The van der Waals surface area contributed by atoms with Gasteiger partial charge < -0.3 is 21.3 Å². The van der Waals surface area contributed by atoms with Crippen molar-refractivity contribution < 1.29 is 9.59 Å². The third-order valence-corrected chi connectivity index (χ3v) is 6.34. The number of guanidine groups is 1. The lowest BCUT2D eigenvalue weighted by molar-refractivity contribution is 0.0950. The van der Waals surface area contributed by atoms with E-state index in [1.54, 1.807) is 6.07 Å². The van der Waals surface area contributed by atoms with Gasteiger partial charge >= 0.3 is 0 Å². The Labute approximate surface area is 195 Å². The van der Waals surface area contributed by atoms with Gasteiger partial charge in [-0.3, -0.25) is 9.59 Å². The summed E-state index contributed by atoms with van der Waals surface area (Å²) < 4.78 is 0. The van der Waals surface area contributed by atoms with Crippen LogP contribution in [-0.2, 0) is 0 Å². The fourth-order valence-corrected chi connectivity index (χ4v) is 4.43. The maximum Gasteiger partial charge on any atom is 0.280 e. The normalized spacial score (nSPS) is 16.0. The Hall–Kier alpha value is -3.35. The molecular formula is C26H33N5O2. The lowest BCUT2D eigenvalue weighted by Crippen LogP contribution is -2.44. The predicted molar refractivity (Wildman–Crippen MR) is 132 cm³/mol. The van der Waals surface area contributed by atoms with Crippen LogP contribution in [0.1, 0.15) is 64.8 Å². The molecule has 2 aromatic carbocycles. The highest BCUT2D eigenvalue weighted by Crippen LogP contribution is 2.27. The van der Waals surface area contributed by atoms with E-state index >= 15 is 0 Å². The fraction of sp³-hybridized carbons (Fsp3) is 0.423. The number of anilines is 2. The summed E-state index contributed by atoms with van der Waals surface area (Å²) in [4.78, 5) is 29.2. The Bertz CT molecular complexity index is 1020. The Balaban J connectivity index is 1.36. The van der Waals surface area contributed by atoms with Crippen LogP contribution in [0.25, 0.3) is 0 Å². The summed E-state index contributed by atoms with van der Waals surface area (Å²) in [6.07, 6.45) is 7.30. The first-order chi connectivity index (χ1) is 16.1. The summed E-state index contributed by atoms with van der Waals surface area (Å²) in [5.41, 5.74) is 3.81. The molecule has 7 heteroatoms. The molecule has 1 saturated carbocycles. The highest BCUT2D eigenvalue weighted by Gasteiger charge is 2.15. The van der Waals surface area contributed by atoms with Crippen LogP contribution < -0.4 is 21.3 Å². The van der Waals surface area contributed by atoms with E-state index < -0.39 is 0 Å². The molecule has 7 nitrogen and oxygen atoms in total. The van der Waals surface area contributed by atoms with Gasteiger partial charge in [-0.05, 0) is 67.6 Å². The number of hydrogen-bond acceptors (Lipinski definition) is 3. The molecule has 4 rings (SSSR count). The van der Waals surface area contributed by atoms with Crippen molar-refractivity contribution in [2.45, 2.75) is 45.4 Å². The van der Waals surface area contributed by atoms with Crippen LogP contribution in [0.4, 0.5) is 11.4 Å². The van der Waals surface area contributed by atoms with Gasteiger partial charge in [0.2, 0.25) is 0 Å². The zero-order chi connectivity index (χ0) is 23.0. The van der Waals surface area contributed by atoms with Crippen molar-refractivity contribution in [3.05, 3.63) is 59.2 Å². The van der Waals surface area contributed by atoms with E-state index in [9.17, 15) is 9.59 Å². The first kappa shape index (κ1) is 22.8. The summed E-state index contributed by atoms with van der Waals surface area (Å²) in [7, 11) is 0. The van der Waals surface area contributed by atoms with Crippen LogP contribution in [0.2, 0.25) is 0 Å². The second kappa shape index (κ2) is 11.0. The number of rotatable bonds is 7. The molecule has 4 N–H and O–H groups in total. The Morgan fingerprint density at radius 3 is 2.55 bits per heavy atom. The minimum atomic E-state index is -0.280. The van der Waals surface area contributed by atoms with Gasteiger partial charge in [0.1, 0.15) is 0 Å². The fourth-order valence-electron chi connectivity index (χ4n) is 4.43. The molecule has 0 spiro atoms. The molecule has 2 aromatic rings. The van der Waals surface area contributed by atoms with E-state index in [4.69, 9.17) is 0 Å². The zero-order valence-corrected chi connectivity index (χ0v) is 19.2. The average Bonchev–Trinajstić information content (AvgIpc) is 3.35. The van der Waals surface area contributed by atoms with E-state index in [0.717, 1.165) is 55.3 Å². The van der Waals surface area contributed by atoms with E-state index in [1.807, 2.05) is 43.3 Å². The zero-order valence-electron chi connectivity index (χ0n) is 19.2. The van der Waals surface area contributed by atoms with Crippen LogP contribution in [0.3, 0.4) is 0 Å². The molecule has 0 atom stereocenters. The van der Waals surface area contributed by atoms with Gasteiger partial charge in [-0.25, -0.2) is 0 Å². The maximum absolute atomic E-state index is 12.6. The quantitative estimate of drug-likeness (QED) is 0.512. The summed E-state index contributed by atoms with van der Waals surface area (Å²) in [5.74, 6) is 0.971. The molecule has 1 aliphatic heterocycles. The van der Waals surface area contributed by atoms with Crippen LogP contribution in [-0.4, -0.2) is 37.4 Å². The van der Waals surface area contributed by atoms with Crippen LogP contribution >= 0.6 is 0 Å². The molecule has 1 heterocycles. The Kier molecular flexibility index (Phi) is 7.60. The van der Waals surface area contributed by atoms with Gasteiger partial charge in [-0.15, -0.1) is 0 Å². The van der Waals surface area contributed by atoms with E-state index in [0.29, 0.717) is 17.1 Å². The highest BCUT2D eigenvalue weighted by atomic mass is 16.2. The van der Waals surface area contributed by atoms with Gasteiger partial charge in [0, 0.05) is 42.1 Å². The van der Waals surface area contributed by atoms with Crippen molar-refractivity contribution >= 4 is 29.1 Å². The lowest BCUT2D eigenvalue weighted by atomic mass is 10.0. The molecule has 2 aliphatic rings. The number of carbonyl (C=O) groups is 2. The second-order valence-corrected chi connectivity index (χ2v) is 8.90. The van der Waals surface area contributed by atoms with Crippen LogP contribution in [0.15, 0.2) is 47.5 Å². The Morgan fingerprint density at radius 2 is 1.79 bits per heavy atom. The number of hydrogen-bond donors (Lipinski definition) is 4. The number of amides is 2. The largest absolute Gasteiger partial charge is 0.356 e. The van der Waals surface area contributed by atoms with E-state index in [-0.39, 0.29) is 11.8 Å². The third-order valence-electron chi connectivity index (χ3n) is 6.34. The van der Waals surface area contributed by atoms with Crippen LogP contribution in [0.5, 0.6) is 0 Å². The van der Waals surface area contributed by atoms with Crippen molar-refractivity contribution in [3.8, 4) is 0 Å². The number of carbonyl (C=O) groups excluding carboxylic acids is 2. The predicted octanol–water partition coefficient (Wildman–Crippen LogP) is 4.13. The van der Waals surface area contributed by atoms with Gasteiger partial charge in [-0.1, -0.05) is 31.7 Å². The molecular weight excluding hydrogens is 414 g/mol. The standard InChI is InChI=1S/C26H33N5O2/c1-18-16-21(25(33)31-26-28-13-5-14-29-26)10-11-23(18)30-22-9-4-8-20(17-22)24(32)27-15-12-19-6-2-3-7-19/h4,8-11,16-17,19,30H,2-3,5-7,12-15H2,1H3,(H,27,32)(H2,28,29,31,33). The van der Waals surface area contributed by atoms with Gasteiger partial charge in [-0.2, -0.15) is 4.99 Å². The number of nitrogens with zero attached hydrogens (tertiary/aromatic N) is 1. The smallest absolute Gasteiger partial charge is 0.280 e. The van der Waals surface area contributed by atoms with E-state index in [2.05, 4.69) is 26.3 Å². The molecule has 2 fully saturated rings. The summed E-state index contributed by atoms with van der Waals surface area (Å²) in [6.45, 7) is 4.31. The average molecular weight is 448 g/mol. The lowest BCUT2D eigenvalue weighted by Gasteiger charge is -2.17. The summed E-state index contributed by atoms with van der Waals surface area (Å²) in [6, 6.07) is 13.0. The van der Waals surface area contributed by atoms with E-state index in [1.165, 1.54) is 25.7 Å². The molecule has 1 saturated heterocycles. The molecule has 33 heavy (non-hydrogen) atoms. The molecule has 1 aliphatic carbocycles. The second-order valence-electron chi connectivity index (χ2n) is 8.90. The SMILES string of the molecule is Cc1cc(C(=O)N=C2NCCCN2)ccc1Nc1cccc(C(=O)NCCC2CCCC2)c1. The molecule has 0 unspecified atom stereocenters.